The highest BCUT2D eigenvalue weighted by atomic mass is 16.5. The zero-order valence-electron chi connectivity index (χ0n) is 17.5. The molecule has 7 heteroatoms. The highest BCUT2D eigenvalue weighted by molar-refractivity contribution is 5.98. The summed E-state index contributed by atoms with van der Waals surface area (Å²) in [5.74, 6) is -0.291. The summed E-state index contributed by atoms with van der Waals surface area (Å²) in [5.41, 5.74) is 3.19. The summed E-state index contributed by atoms with van der Waals surface area (Å²) in [6.07, 6.45) is -0.973. The molecule has 2 aromatic carbocycles. The Morgan fingerprint density at radius 1 is 1.07 bits per heavy atom. The second-order valence-electron chi connectivity index (χ2n) is 6.97. The number of carbonyl (C=O) groups is 2. The molecule has 1 atom stereocenters. The normalized spacial score (nSPS) is 11.6. The van der Waals surface area contributed by atoms with Crippen LogP contribution in [0.5, 0.6) is 5.75 Å². The molecule has 0 radical (unpaired) electrons. The molecule has 3 rings (SSSR count). The Kier molecular flexibility index (Phi) is 6.51. The van der Waals surface area contributed by atoms with E-state index in [2.05, 4.69) is 10.4 Å². The van der Waals surface area contributed by atoms with Gasteiger partial charge < -0.3 is 14.8 Å². The molecule has 7 nitrogen and oxygen atoms in total. The number of amides is 1. The molecule has 1 N–H and O–H groups in total. The van der Waals surface area contributed by atoms with E-state index in [0.717, 1.165) is 5.69 Å². The van der Waals surface area contributed by atoms with Gasteiger partial charge in [0.1, 0.15) is 12.4 Å². The van der Waals surface area contributed by atoms with Crippen molar-refractivity contribution in [3.8, 4) is 5.75 Å². The van der Waals surface area contributed by atoms with Gasteiger partial charge in [0.15, 0.2) is 6.10 Å². The van der Waals surface area contributed by atoms with Gasteiger partial charge >= 0.3 is 5.97 Å². The molecule has 0 saturated heterocycles. The van der Waals surface area contributed by atoms with Crippen LogP contribution in [0, 0.1) is 13.8 Å². The van der Waals surface area contributed by atoms with Crippen molar-refractivity contribution in [1.29, 1.82) is 0 Å². The van der Waals surface area contributed by atoms with Gasteiger partial charge in [-0.1, -0.05) is 36.4 Å². The number of rotatable bonds is 7. The number of ether oxygens (including phenoxy) is 2. The summed E-state index contributed by atoms with van der Waals surface area (Å²) in [6.45, 7) is 5.42. The lowest BCUT2D eigenvalue weighted by Gasteiger charge is -2.15. The zero-order valence-corrected chi connectivity index (χ0v) is 17.5. The largest absolute Gasteiger partial charge is 0.489 e. The smallest absolute Gasteiger partial charge is 0.339 e. The number of carbonyl (C=O) groups excluding carboxylic acids is 2. The molecule has 0 aliphatic carbocycles. The standard InChI is InChI=1S/C23H25N3O4/c1-15-21(16(2)26(4)25-15)24-22(27)17(3)30-23(28)20-13-9-8-10-18(20)14-29-19-11-6-5-7-12-19/h5-13,17H,14H2,1-4H3,(H,24,27)/t17-/m1/s1. The minimum atomic E-state index is -0.973. The van der Waals surface area contributed by atoms with E-state index < -0.39 is 18.0 Å². The lowest BCUT2D eigenvalue weighted by atomic mass is 10.1. The summed E-state index contributed by atoms with van der Waals surface area (Å²) in [5, 5.41) is 7.06. The lowest BCUT2D eigenvalue weighted by molar-refractivity contribution is -0.123. The molecule has 0 fully saturated rings. The maximum absolute atomic E-state index is 12.7. The molecule has 0 unspecified atom stereocenters. The van der Waals surface area contributed by atoms with Crippen molar-refractivity contribution >= 4 is 17.6 Å². The second kappa shape index (κ2) is 9.26. The van der Waals surface area contributed by atoms with Gasteiger partial charge in [0.05, 0.1) is 22.6 Å². The zero-order chi connectivity index (χ0) is 21.7. The molecule has 3 aromatic rings. The van der Waals surface area contributed by atoms with Crippen LogP contribution in [-0.4, -0.2) is 27.8 Å². The summed E-state index contributed by atoms with van der Waals surface area (Å²) < 4.78 is 12.8. The third-order valence-corrected chi connectivity index (χ3v) is 4.79. The molecule has 0 saturated carbocycles. The van der Waals surface area contributed by atoms with E-state index in [0.29, 0.717) is 28.3 Å². The van der Waals surface area contributed by atoms with Crippen molar-refractivity contribution in [1.82, 2.24) is 9.78 Å². The average Bonchev–Trinajstić information content (AvgIpc) is 2.99. The van der Waals surface area contributed by atoms with E-state index in [4.69, 9.17) is 9.47 Å². The number of aromatic nitrogens is 2. The minimum Gasteiger partial charge on any atom is -0.489 e. The molecule has 1 amide bonds. The lowest BCUT2D eigenvalue weighted by Crippen LogP contribution is -2.30. The third kappa shape index (κ3) is 4.86. The number of esters is 1. The summed E-state index contributed by atoms with van der Waals surface area (Å²) in [4.78, 5) is 25.2. The van der Waals surface area contributed by atoms with Crippen LogP contribution >= 0.6 is 0 Å². The molecule has 0 spiro atoms. The van der Waals surface area contributed by atoms with Crippen LogP contribution < -0.4 is 10.1 Å². The summed E-state index contributed by atoms with van der Waals surface area (Å²) in [7, 11) is 1.80. The van der Waals surface area contributed by atoms with Gasteiger partial charge in [-0.05, 0) is 39.0 Å². The molecule has 1 aromatic heterocycles. The highest BCUT2D eigenvalue weighted by Crippen LogP contribution is 2.20. The van der Waals surface area contributed by atoms with Crippen molar-refractivity contribution in [2.24, 2.45) is 7.05 Å². The monoisotopic (exact) mass is 407 g/mol. The number of nitrogens with one attached hydrogen (secondary N) is 1. The summed E-state index contributed by atoms with van der Waals surface area (Å²) >= 11 is 0. The first-order valence-electron chi connectivity index (χ1n) is 9.64. The first-order valence-corrected chi connectivity index (χ1v) is 9.64. The van der Waals surface area contributed by atoms with E-state index >= 15 is 0 Å². The van der Waals surface area contributed by atoms with Gasteiger partial charge in [-0.15, -0.1) is 0 Å². The fourth-order valence-electron chi connectivity index (χ4n) is 2.98. The summed E-state index contributed by atoms with van der Waals surface area (Å²) in [6, 6.07) is 16.4. The van der Waals surface area contributed by atoms with Crippen molar-refractivity contribution in [3.05, 3.63) is 77.1 Å². The Balaban J connectivity index is 1.65. The Hall–Kier alpha value is -3.61. The van der Waals surface area contributed by atoms with Crippen molar-refractivity contribution in [3.63, 3.8) is 0 Å². The number of benzene rings is 2. The molecular formula is C23H25N3O4. The van der Waals surface area contributed by atoms with Gasteiger partial charge in [0, 0.05) is 12.6 Å². The van der Waals surface area contributed by atoms with Gasteiger partial charge in [-0.3, -0.25) is 9.48 Å². The number of nitrogens with zero attached hydrogens (tertiary/aromatic N) is 2. The van der Waals surface area contributed by atoms with E-state index in [9.17, 15) is 9.59 Å². The number of anilines is 1. The maximum Gasteiger partial charge on any atom is 0.339 e. The van der Waals surface area contributed by atoms with Gasteiger partial charge in [0.25, 0.3) is 5.91 Å². The molecule has 1 heterocycles. The van der Waals surface area contributed by atoms with Crippen LogP contribution in [0.1, 0.15) is 34.2 Å². The van der Waals surface area contributed by atoms with Crippen molar-refractivity contribution < 1.29 is 19.1 Å². The Bertz CT molecular complexity index is 1040. The van der Waals surface area contributed by atoms with Crippen LogP contribution in [0.3, 0.4) is 0 Å². The Labute approximate surface area is 175 Å². The quantitative estimate of drug-likeness (QED) is 0.603. The van der Waals surface area contributed by atoms with Crippen molar-refractivity contribution in [2.45, 2.75) is 33.5 Å². The fourth-order valence-corrected chi connectivity index (χ4v) is 2.98. The van der Waals surface area contributed by atoms with Crippen LogP contribution in [0.2, 0.25) is 0 Å². The third-order valence-electron chi connectivity index (χ3n) is 4.79. The topological polar surface area (TPSA) is 82.5 Å². The predicted molar refractivity (Wildman–Crippen MR) is 113 cm³/mol. The number of hydrogen-bond donors (Lipinski definition) is 1. The van der Waals surface area contributed by atoms with Crippen LogP contribution in [0.4, 0.5) is 5.69 Å². The average molecular weight is 407 g/mol. The molecule has 156 valence electrons. The number of aryl methyl sites for hydroxylation is 2. The first-order chi connectivity index (χ1) is 14.4. The molecule has 0 bridgehead atoms. The number of hydrogen-bond acceptors (Lipinski definition) is 5. The fraction of sp³-hybridized carbons (Fsp3) is 0.261. The first kappa shape index (κ1) is 21.1. The van der Waals surface area contributed by atoms with E-state index in [1.54, 1.807) is 29.9 Å². The van der Waals surface area contributed by atoms with E-state index in [1.807, 2.05) is 50.2 Å². The number of para-hydroxylation sites is 1. The van der Waals surface area contributed by atoms with Gasteiger partial charge in [-0.2, -0.15) is 5.10 Å². The second-order valence-corrected chi connectivity index (χ2v) is 6.97. The van der Waals surface area contributed by atoms with E-state index in [-0.39, 0.29) is 6.61 Å². The molecule has 0 aliphatic rings. The SMILES string of the molecule is Cc1nn(C)c(C)c1NC(=O)[C@@H](C)OC(=O)c1ccccc1COc1ccccc1. The maximum atomic E-state index is 12.7. The van der Waals surface area contributed by atoms with Gasteiger partial charge in [-0.25, -0.2) is 4.79 Å². The Morgan fingerprint density at radius 2 is 1.73 bits per heavy atom. The van der Waals surface area contributed by atoms with Gasteiger partial charge in [0.2, 0.25) is 0 Å². The highest BCUT2D eigenvalue weighted by Gasteiger charge is 2.23. The van der Waals surface area contributed by atoms with Crippen LogP contribution in [-0.2, 0) is 23.2 Å². The van der Waals surface area contributed by atoms with E-state index in [1.165, 1.54) is 6.92 Å². The van der Waals surface area contributed by atoms with Crippen molar-refractivity contribution in [2.75, 3.05) is 5.32 Å². The predicted octanol–water partition coefficient (Wildman–Crippen LogP) is 3.80. The Morgan fingerprint density at radius 3 is 2.40 bits per heavy atom. The minimum absolute atomic E-state index is 0.212. The molecule has 30 heavy (non-hydrogen) atoms. The molecule has 0 aliphatic heterocycles. The van der Waals surface area contributed by atoms with Crippen LogP contribution in [0.15, 0.2) is 54.6 Å². The van der Waals surface area contributed by atoms with Crippen LogP contribution in [0.25, 0.3) is 0 Å². The molecular weight excluding hydrogens is 382 g/mol.